The Morgan fingerprint density at radius 2 is 2.04 bits per heavy atom. The topological polar surface area (TPSA) is 95.7 Å². The maximum absolute atomic E-state index is 12.5. The third kappa shape index (κ3) is 3.33. The monoisotopic (exact) mass is 348 g/mol. The molecule has 3 N–H and O–H groups in total. The van der Waals surface area contributed by atoms with Crippen LogP contribution in [-0.4, -0.2) is 59.9 Å². The number of anilines is 1. The van der Waals surface area contributed by atoms with Gasteiger partial charge in [-0.05, 0) is 30.7 Å². The van der Waals surface area contributed by atoms with Crippen LogP contribution in [0.2, 0.25) is 0 Å². The second-order valence-corrected chi connectivity index (χ2v) is 7.04. The van der Waals surface area contributed by atoms with Gasteiger partial charge in [0.25, 0.3) is 5.24 Å². The Morgan fingerprint density at radius 1 is 1.33 bits per heavy atom. The molecule has 0 saturated carbocycles. The molecular formula is C16H20N4O3S. The number of benzene rings is 1. The molecule has 2 aliphatic rings. The summed E-state index contributed by atoms with van der Waals surface area (Å²) >= 11 is 1.15. The van der Waals surface area contributed by atoms with E-state index >= 15 is 0 Å². The summed E-state index contributed by atoms with van der Waals surface area (Å²) in [6.07, 6.45) is 0.869. The van der Waals surface area contributed by atoms with Crippen molar-refractivity contribution in [3.63, 3.8) is 0 Å². The van der Waals surface area contributed by atoms with E-state index in [-0.39, 0.29) is 17.2 Å². The van der Waals surface area contributed by atoms with Gasteiger partial charge in [0, 0.05) is 37.1 Å². The zero-order valence-electron chi connectivity index (χ0n) is 13.4. The van der Waals surface area contributed by atoms with E-state index in [4.69, 9.17) is 5.73 Å². The summed E-state index contributed by atoms with van der Waals surface area (Å²) in [5, 5.41) is 2.56. The van der Waals surface area contributed by atoms with Gasteiger partial charge in [0.1, 0.15) is 6.04 Å². The molecule has 0 spiro atoms. The molecule has 2 unspecified atom stereocenters. The normalized spacial score (nSPS) is 23.2. The van der Waals surface area contributed by atoms with Gasteiger partial charge in [-0.25, -0.2) is 0 Å². The number of nitrogens with zero attached hydrogens (tertiary/aromatic N) is 2. The van der Waals surface area contributed by atoms with E-state index in [2.05, 4.69) is 10.2 Å². The fraction of sp³-hybridized carbons (Fsp3) is 0.438. The van der Waals surface area contributed by atoms with Crippen molar-refractivity contribution in [2.24, 2.45) is 5.73 Å². The van der Waals surface area contributed by atoms with E-state index < -0.39 is 11.9 Å². The highest BCUT2D eigenvalue weighted by atomic mass is 32.2. The van der Waals surface area contributed by atoms with Crippen molar-refractivity contribution in [1.29, 1.82) is 0 Å². The van der Waals surface area contributed by atoms with Gasteiger partial charge in [0.15, 0.2) is 0 Å². The number of likely N-dealkylation sites (N-methyl/N-ethyl adjacent to an activating group) is 1. The third-order valence-electron chi connectivity index (χ3n) is 4.55. The lowest BCUT2D eigenvalue weighted by Gasteiger charge is -2.27. The Labute approximate surface area is 144 Å². The van der Waals surface area contributed by atoms with Gasteiger partial charge in [-0.2, -0.15) is 0 Å². The highest BCUT2D eigenvalue weighted by Gasteiger charge is 2.35. The first-order valence-corrected chi connectivity index (χ1v) is 8.79. The number of nitrogens with one attached hydrogen (secondary N) is 1. The molecule has 0 aromatic heterocycles. The number of thioether (sulfide) groups is 1. The molecule has 8 heteroatoms. The van der Waals surface area contributed by atoms with Crippen LogP contribution in [0.25, 0.3) is 0 Å². The molecular weight excluding hydrogens is 328 g/mol. The number of rotatable bonds is 4. The highest BCUT2D eigenvalue weighted by Crippen LogP contribution is 2.24. The molecule has 2 saturated heterocycles. The van der Waals surface area contributed by atoms with Gasteiger partial charge >= 0.3 is 0 Å². The lowest BCUT2D eigenvalue weighted by Crippen LogP contribution is -2.48. The summed E-state index contributed by atoms with van der Waals surface area (Å²) in [6.45, 7) is 1.57. The van der Waals surface area contributed by atoms with E-state index in [1.54, 1.807) is 24.1 Å². The van der Waals surface area contributed by atoms with E-state index in [1.165, 1.54) is 0 Å². The van der Waals surface area contributed by atoms with Crippen LogP contribution in [0.1, 0.15) is 16.8 Å². The minimum atomic E-state index is -0.442. The maximum atomic E-state index is 12.5. The zero-order valence-corrected chi connectivity index (χ0v) is 14.2. The van der Waals surface area contributed by atoms with Crippen molar-refractivity contribution >= 4 is 34.5 Å². The number of carbonyl (C=O) groups excluding carboxylic acids is 3. The summed E-state index contributed by atoms with van der Waals surface area (Å²) in [5.41, 5.74) is 6.74. The molecule has 0 aliphatic carbocycles. The van der Waals surface area contributed by atoms with Crippen molar-refractivity contribution in [2.45, 2.75) is 18.5 Å². The quantitative estimate of drug-likeness (QED) is 0.833. The van der Waals surface area contributed by atoms with Gasteiger partial charge in [-0.1, -0.05) is 11.8 Å². The highest BCUT2D eigenvalue weighted by molar-refractivity contribution is 8.14. The van der Waals surface area contributed by atoms with Crippen molar-refractivity contribution in [1.82, 2.24) is 10.2 Å². The van der Waals surface area contributed by atoms with Crippen LogP contribution in [0.4, 0.5) is 10.5 Å². The minimum Gasteiger partial charge on any atom is -0.369 e. The zero-order chi connectivity index (χ0) is 17.3. The number of hydrogen-bond donors (Lipinski definition) is 2. The Bertz CT molecular complexity index is 664. The molecule has 3 rings (SSSR count). The fourth-order valence-corrected chi connectivity index (χ4v) is 3.84. The lowest BCUT2D eigenvalue weighted by atomic mass is 10.2. The first kappa shape index (κ1) is 16.6. The molecule has 2 fully saturated rings. The van der Waals surface area contributed by atoms with Crippen LogP contribution in [0, 0.1) is 0 Å². The lowest BCUT2D eigenvalue weighted by molar-refractivity contribution is -0.132. The smallest absolute Gasteiger partial charge is 0.279 e. The molecule has 128 valence electrons. The van der Waals surface area contributed by atoms with Gasteiger partial charge in [-0.3, -0.25) is 14.4 Å². The van der Waals surface area contributed by atoms with Gasteiger partial charge < -0.3 is 20.9 Å². The van der Waals surface area contributed by atoms with E-state index in [1.807, 2.05) is 12.1 Å². The van der Waals surface area contributed by atoms with Crippen molar-refractivity contribution in [3.8, 4) is 0 Å². The summed E-state index contributed by atoms with van der Waals surface area (Å²) in [6, 6.07) is 6.86. The van der Waals surface area contributed by atoms with Gasteiger partial charge in [0.2, 0.25) is 11.8 Å². The number of hydrogen-bond acceptors (Lipinski definition) is 5. The SMILES string of the molecule is CN(C(=O)C1CSC(=O)N1)C1CCN(c2ccc(C(N)=O)cc2)C1. The molecule has 2 atom stereocenters. The van der Waals surface area contributed by atoms with E-state index in [9.17, 15) is 14.4 Å². The summed E-state index contributed by atoms with van der Waals surface area (Å²) < 4.78 is 0. The Balaban J connectivity index is 1.61. The van der Waals surface area contributed by atoms with Crippen LogP contribution in [0.15, 0.2) is 24.3 Å². The first-order chi connectivity index (χ1) is 11.5. The number of nitrogens with two attached hydrogens (primary N) is 1. The summed E-state index contributed by atoms with van der Waals surface area (Å²) in [4.78, 5) is 38.8. The summed E-state index contributed by atoms with van der Waals surface area (Å²) in [5.74, 6) is 0.0134. The van der Waals surface area contributed by atoms with Crippen LogP contribution in [0.3, 0.4) is 0 Å². The largest absolute Gasteiger partial charge is 0.369 e. The molecule has 3 amide bonds. The minimum absolute atomic E-state index is 0.0377. The maximum Gasteiger partial charge on any atom is 0.279 e. The van der Waals surface area contributed by atoms with Crippen molar-refractivity contribution in [3.05, 3.63) is 29.8 Å². The van der Waals surface area contributed by atoms with E-state index in [0.717, 1.165) is 37.0 Å². The molecule has 1 aromatic carbocycles. The number of primary amides is 1. The third-order valence-corrected chi connectivity index (χ3v) is 5.43. The van der Waals surface area contributed by atoms with Crippen molar-refractivity contribution < 1.29 is 14.4 Å². The molecule has 0 bridgehead atoms. The predicted octanol–water partition coefficient (Wildman–Crippen LogP) is 0.648. The molecule has 7 nitrogen and oxygen atoms in total. The second kappa shape index (κ2) is 6.72. The molecule has 2 aliphatic heterocycles. The van der Waals surface area contributed by atoms with Gasteiger partial charge in [0.05, 0.1) is 6.04 Å². The number of carbonyl (C=O) groups is 3. The first-order valence-electron chi connectivity index (χ1n) is 7.80. The fourth-order valence-electron chi connectivity index (χ4n) is 3.07. The average Bonchev–Trinajstić information content (AvgIpc) is 3.22. The number of amides is 3. The van der Waals surface area contributed by atoms with Gasteiger partial charge in [-0.15, -0.1) is 0 Å². The van der Waals surface area contributed by atoms with E-state index in [0.29, 0.717) is 11.3 Å². The van der Waals surface area contributed by atoms with Crippen LogP contribution < -0.4 is 16.0 Å². The van der Waals surface area contributed by atoms with Crippen LogP contribution in [-0.2, 0) is 4.79 Å². The Kier molecular flexibility index (Phi) is 4.66. The average molecular weight is 348 g/mol. The Morgan fingerprint density at radius 3 is 2.62 bits per heavy atom. The summed E-state index contributed by atoms with van der Waals surface area (Å²) in [7, 11) is 1.79. The molecule has 1 aromatic rings. The molecule has 2 heterocycles. The second-order valence-electron chi connectivity index (χ2n) is 6.04. The predicted molar refractivity (Wildman–Crippen MR) is 93.1 cm³/mol. The van der Waals surface area contributed by atoms with Crippen LogP contribution >= 0.6 is 11.8 Å². The Hall–Kier alpha value is -2.22. The standard InChI is InChI=1S/C16H20N4O3S/c1-19(15(22)13-9-24-16(23)18-13)12-6-7-20(8-12)11-4-2-10(3-5-11)14(17)21/h2-5,12-13H,6-9H2,1H3,(H2,17,21)(H,18,23). The van der Waals surface area contributed by atoms with Crippen LogP contribution in [0.5, 0.6) is 0 Å². The van der Waals surface area contributed by atoms with Crippen molar-refractivity contribution in [2.75, 3.05) is 30.8 Å². The molecule has 0 radical (unpaired) electrons. The molecule has 24 heavy (non-hydrogen) atoms.